The quantitative estimate of drug-likeness (QED) is 0.610. The van der Waals surface area contributed by atoms with Crippen LogP contribution in [0.2, 0.25) is 0 Å². The Bertz CT molecular complexity index is 1080. The van der Waals surface area contributed by atoms with Crippen molar-refractivity contribution in [2.24, 2.45) is 0 Å². The van der Waals surface area contributed by atoms with Crippen molar-refractivity contribution in [3.63, 3.8) is 0 Å². The minimum absolute atomic E-state index is 0.0362. The summed E-state index contributed by atoms with van der Waals surface area (Å²) in [6.07, 6.45) is 0.847. The van der Waals surface area contributed by atoms with E-state index >= 15 is 0 Å². The van der Waals surface area contributed by atoms with E-state index in [9.17, 15) is 9.59 Å². The number of hydrogen-bond acceptors (Lipinski definition) is 5. The number of nitrogens with zero attached hydrogens (tertiary/aromatic N) is 2. The topological polar surface area (TPSA) is 59.1 Å². The lowest BCUT2D eigenvalue weighted by atomic mass is 10.0. The molecule has 6 heteroatoms. The summed E-state index contributed by atoms with van der Waals surface area (Å²) in [5.74, 6) is 0.164. The van der Waals surface area contributed by atoms with Crippen molar-refractivity contribution in [3.05, 3.63) is 64.9 Å². The van der Waals surface area contributed by atoms with Gasteiger partial charge in [0.15, 0.2) is 0 Å². The van der Waals surface area contributed by atoms with E-state index in [-0.39, 0.29) is 24.0 Å². The fourth-order valence-electron chi connectivity index (χ4n) is 4.47. The summed E-state index contributed by atoms with van der Waals surface area (Å²) in [6.45, 7) is 11.8. The largest absolute Gasteiger partial charge is 0.494 e. The maximum Gasteiger partial charge on any atom is 0.282 e. The molecule has 33 heavy (non-hydrogen) atoms. The summed E-state index contributed by atoms with van der Waals surface area (Å²) < 4.78 is 11.6. The zero-order valence-electron chi connectivity index (χ0n) is 20.1. The van der Waals surface area contributed by atoms with Gasteiger partial charge in [-0.2, -0.15) is 0 Å². The number of ether oxygens (including phenoxy) is 2. The Morgan fingerprint density at radius 3 is 2.21 bits per heavy atom. The molecule has 2 aliphatic rings. The van der Waals surface area contributed by atoms with Gasteiger partial charge in [-0.25, -0.2) is 4.90 Å². The molecule has 1 fully saturated rings. The fraction of sp³-hybridized carbons (Fsp3) is 0.407. The summed E-state index contributed by atoms with van der Waals surface area (Å²) in [4.78, 5) is 30.8. The smallest absolute Gasteiger partial charge is 0.282 e. The molecule has 2 atom stereocenters. The number of carbonyl (C=O) groups is 2. The van der Waals surface area contributed by atoms with Gasteiger partial charge in [-0.3, -0.25) is 9.59 Å². The van der Waals surface area contributed by atoms with Gasteiger partial charge in [0.25, 0.3) is 11.8 Å². The van der Waals surface area contributed by atoms with Crippen molar-refractivity contribution in [3.8, 4) is 5.75 Å². The Kier molecular flexibility index (Phi) is 6.56. The number of morpholine rings is 1. The van der Waals surface area contributed by atoms with Crippen molar-refractivity contribution in [2.75, 3.05) is 24.6 Å². The summed E-state index contributed by atoms with van der Waals surface area (Å²) in [5.41, 5.74) is 4.34. The number of carbonyl (C=O) groups excluding carboxylic acids is 2. The molecule has 2 aromatic rings. The van der Waals surface area contributed by atoms with Gasteiger partial charge in [-0.05, 0) is 75.1 Å². The molecule has 1 saturated heterocycles. The molecule has 2 amide bonds. The lowest BCUT2D eigenvalue weighted by molar-refractivity contribution is -0.121. The average Bonchev–Trinajstić information content (AvgIpc) is 3.04. The molecule has 0 bridgehead atoms. The SMILES string of the molecule is CCCOc1ccc(C2=C(N3CC(C)OC(C)C3)C(=O)N(c3ccc(C)c(C)c3)C2=O)cc1. The molecule has 2 aromatic carbocycles. The van der Waals surface area contributed by atoms with Gasteiger partial charge in [0.1, 0.15) is 11.4 Å². The molecule has 4 rings (SSSR count). The molecule has 2 aliphatic heterocycles. The first kappa shape index (κ1) is 23.1. The van der Waals surface area contributed by atoms with Crippen LogP contribution in [0.1, 0.15) is 43.9 Å². The van der Waals surface area contributed by atoms with Crippen molar-refractivity contribution < 1.29 is 19.1 Å². The van der Waals surface area contributed by atoms with Crippen LogP contribution in [0.15, 0.2) is 48.2 Å². The first-order chi connectivity index (χ1) is 15.8. The van der Waals surface area contributed by atoms with Crippen LogP contribution in [0.4, 0.5) is 5.69 Å². The van der Waals surface area contributed by atoms with E-state index in [1.165, 1.54) is 4.90 Å². The van der Waals surface area contributed by atoms with Gasteiger partial charge in [0, 0.05) is 13.1 Å². The third-order valence-electron chi connectivity index (χ3n) is 6.16. The van der Waals surface area contributed by atoms with Crippen LogP contribution < -0.4 is 9.64 Å². The van der Waals surface area contributed by atoms with Crippen LogP contribution in [-0.4, -0.2) is 48.6 Å². The van der Waals surface area contributed by atoms with Gasteiger partial charge in [-0.1, -0.05) is 25.1 Å². The molecular formula is C27H32N2O4. The molecule has 0 saturated carbocycles. The van der Waals surface area contributed by atoms with Crippen LogP contribution in [0, 0.1) is 13.8 Å². The zero-order valence-corrected chi connectivity index (χ0v) is 20.1. The Morgan fingerprint density at radius 2 is 1.61 bits per heavy atom. The van der Waals surface area contributed by atoms with Crippen molar-refractivity contribution in [1.82, 2.24) is 4.90 Å². The summed E-state index contributed by atoms with van der Waals surface area (Å²) in [5, 5.41) is 0. The molecule has 0 spiro atoms. The number of benzene rings is 2. The van der Waals surface area contributed by atoms with E-state index in [0.29, 0.717) is 42.2 Å². The summed E-state index contributed by atoms with van der Waals surface area (Å²) >= 11 is 0. The van der Waals surface area contributed by atoms with Crippen LogP contribution >= 0.6 is 0 Å². The van der Waals surface area contributed by atoms with E-state index in [1.54, 1.807) is 0 Å². The number of aryl methyl sites for hydroxylation is 2. The first-order valence-electron chi connectivity index (χ1n) is 11.6. The van der Waals surface area contributed by atoms with E-state index in [2.05, 4.69) is 6.92 Å². The van der Waals surface area contributed by atoms with Gasteiger partial charge < -0.3 is 14.4 Å². The minimum Gasteiger partial charge on any atom is -0.494 e. The third kappa shape index (κ3) is 4.53. The van der Waals surface area contributed by atoms with Crippen LogP contribution in [0.25, 0.3) is 5.57 Å². The van der Waals surface area contributed by atoms with Crippen LogP contribution in [0.3, 0.4) is 0 Å². The van der Waals surface area contributed by atoms with E-state index in [0.717, 1.165) is 23.3 Å². The molecule has 0 aromatic heterocycles. The second kappa shape index (κ2) is 9.40. The van der Waals surface area contributed by atoms with E-state index in [1.807, 2.05) is 75.1 Å². The highest BCUT2D eigenvalue weighted by Crippen LogP contribution is 2.37. The fourth-order valence-corrected chi connectivity index (χ4v) is 4.47. The van der Waals surface area contributed by atoms with Crippen molar-refractivity contribution in [1.29, 1.82) is 0 Å². The van der Waals surface area contributed by atoms with Gasteiger partial charge in [0.05, 0.1) is 30.1 Å². The zero-order chi connectivity index (χ0) is 23.7. The monoisotopic (exact) mass is 448 g/mol. The molecule has 0 aliphatic carbocycles. The molecule has 0 N–H and O–H groups in total. The van der Waals surface area contributed by atoms with E-state index < -0.39 is 0 Å². The van der Waals surface area contributed by atoms with E-state index in [4.69, 9.17) is 9.47 Å². The number of hydrogen-bond donors (Lipinski definition) is 0. The number of amides is 2. The molecular weight excluding hydrogens is 416 g/mol. The third-order valence-corrected chi connectivity index (χ3v) is 6.16. The molecule has 174 valence electrons. The first-order valence-corrected chi connectivity index (χ1v) is 11.6. The minimum atomic E-state index is -0.299. The Hall–Kier alpha value is -3.12. The predicted octanol–water partition coefficient (Wildman–Crippen LogP) is 4.49. The normalized spacial score (nSPS) is 21.2. The lowest BCUT2D eigenvalue weighted by Crippen LogP contribution is -2.47. The highest BCUT2D eigenvalue weighted by Gasteiger charge is 2.44. The highest BCUT2D eigenvalue weighted by atomic mass is 16.5. The van der Waals surface area contributed by atoms with Gasteiger partial charge >= 0.3 is 0 Å². The molecule has 6 nitrogen and oxygen atoms in total. The van der Waals surface area contributed by atoms with Gasteiger partial charge in [0.2, 0.25) is 0 Å². The standard InChI is InChI=1S/C27H32N2O4/c1-6-13-32-23-11-8-21(9-12-23)24-25(28-15-19(4)33-20(5)16-28)27(31)29(26(24)30)22-10-7-17(2)18(3)14-22/h7-12,14,19-20H,6,13,15-16H2,1-5H3. The molecule has 2 heterocycles. The predicted molar refractivity (Wildman–Crippen MR) is 129 cm³/mol. The van der Waals surface area contributed by atoms with Crippen molar-refractivity contribution >= 4 is 23.1 Å². The summed E-state index contributed by atoms with van der Waals surface area (Å²) in [6, 6.07) is 13.1. The number of anilines is 1. The maximum atomic E-state index is 13.8. The van der Waals surface area contributed by atoms with Gasteiger partial charge in [-0.15, -0.1) is 0 Å². The second-order valence-electron chi connectivity index (χ2n) is 8.97. The van der Waals surface area contributed by atoms with Crippen LogP contribution in [-0.2, 0) is 14.3 Å². The Balaban J connectivity index is 1.78. The Labute approximate surface area is 195 Å². The number of imide groups is 1. The molecule has 0 radical (unpaired) electrons. The summed E-state index contributed by atoms with van der Waals surface area (Å²) in [7, 11) is 0. The highest BCUT2D eigenvalue weighted by molar-refractivity contribution is 6.45. The second-order valence-corrected chi connectivity index (χ2v) is 8.97. The maximum absolute atomic E-state index is 13.8. The Morgan fingerprint density at radius 1 is 0.939 bits per heavy atom. The average molecular weight is 449 g/mol. The van der Waals surface area contributed by atoms with Crippen LogP contribution in [0.5, 0.6) is 5.75 Å². The van der Waals surface area contributed by atoms with Crippen molar-refractivity contribution in [2.45, 2.75) is 53.2 Å². The lowest BCUT2D eigenvalue weighted by Gasteiger charge is -2.37. The number of rotatable bonds is 6. The molecule has 2 unspecified atom stereocenters.